The molecule has 0 saturated heterocycles. The Morgan fingerprint density at radius 3 is 2.62 bits per heavy atom. The van der Waals surface area contributed by atoms with E-state index in [2.05, 4.69) is 0 Å². The second-order valence-electron chi connectivity index (χ2n) is 3.30. The topological polar surface area (TPSA) is 17.1 Å². The van der Waals surface area contributed by atoms with E-state index in [-0.39, 0.29) is 11.3 Å². The lowest BCUT2D eigenvalue weighted by atomic mass is 10.0. The molecular formula is C12H13F2OP. The Bertz CT molecular complexity index is 427. The minimum atomic E-state index is -0.802. The number of Topliss-reactive ketones (excluding diaryl/α,β-unsaturated/α-hetero) is 1. The molecule has 0 radical (unpaired) electrons. The van der Waals surface area contributed by atoms with E-state index in [0.717, 1.165) is 12.1 Å². The minimum absolute atomic E-state index is 0.0623. The highest BCUT2D eigenvalue weighted by atomic mass is 31.1. The maximum atomic E-state index is 13.4. The standard InChI is InChI=1S/C12H13F2OP/c1-3-8(7-16-2)12(15)10-5-4-9(13)6-11(10)14/h3-6,16H,7H2,1-2H3/b8-3+. The highest BCUT2D eigenvalue weighted by Gasteiger charge is 2.15. The molecule has 0 aliphatic carbocycles. The van der Waals surface area contributed by atoms with Crippen molar-refractivity contribution in [3.63, 3.8) is 0 Å². The lowest BCUT2D eigenvalue weighted by Gasteiger charge is -2.05. The van der Waals surface area contributed by atoms with Crippen LogP contribution in [0, 0.1) is 11.6 Å². The largest absolute Gasteiger partial charge is 0.289 e. The zero-order valence-corrected chi connectivity index (χ0v) is 10.2. The summed E-state index contributed by atoms with van der Waals surface area (Å²) in [5, 5.41) is 0. The summed E-state index contributed by atoms with van der Waals surface area (Å²) in [5.41, 5.74) is 0.513. The van der Waals surface area contributed by atoms with Crippen LogP contribution in [-0.4, -0.2) is 18.6 Å². The van der Waals surface area contributed by atoms with Crippen molar-refractivity contribution in [3.05, 3.63) is 47.0 Å². The molecule has 0 bridgehead atoms. The summed E-state index contributed by atoms with van der Waals surface area (Å²) in [7, 11) is 0.591. The van der Waals surface area contributed by atoms with Gasteiger partial charge in [-0.15, -0.1) is 8.58 Å². The third kappa shape index (κ3) is 2.96. The van der Waals surface area contributed by atoms with Gasteiger partial charge in [0.1, 0.15) is 11.6 Å². The monoisotopic (exact) mass is 242 g/mol. The van der Waals surface area contributed by atoms with Gasteiger partial charge in [0, 0.05) is 6.07 Å². The van der Waals surface area contributed by atoms with E-state index < -0.39 is 11.6 Å². The minimum Gasteiger partial charge on any atom is -0.289 e. The first-order valence-electron chi connectivity index (χ1n) is 4.89. The van der Waals surface area contributed by atoms with Crippen molar-refractivity contribution in [2.75, 3.05) is 12.8 Å². The van der Waals surface area contributed by atoms with Gasteiger partial charge in [-0.3, -0.25) is 4.79 Å². The Labute approximate surface area is 95.3 Å². The van der Waals surface area contributed by atoms with Crippen molar-refractivity contribution >= 4 is 14.4 Å². The van der Waals surface area contributed by atoms with Gasteiger partial charge < -0.3 is 0 Å². The van der Waals surface area contributed by atoms with Gasteiger partial charge in [0.05, 0.1) is 5.56 Å². The summed E-state index contributed by atoms with van der Waals surface area (Å²) in [5.74, 6) is -1.83. The molecule has 0 aliphatic heterocycles. The Kier molecular flexibility index (Phi) is 4.75. The van der Waals surface area contributed by atoms with E-state index >= 15 is 0 Å². The molecule has 1 rings (SSSR count). The Morgan fingerprint density at radius 1 is 1.44 bits per heavy atom. The second kappa shape index (κ2) is 5.86. The zero-order chi connectivity index (χ0) is 12.1. The Morgan fingerprint density at radius 2 is 2.12 bits per heavy atom. The first kappa shape index (κ1) is 13.0. The number of benzene rings is 1. The zero-order valence-electron chi connectivity index (χ0n) is 9.18. The van der Waals surface area contributed by atoms with Crippen LogP contribution in [0.2, 0.25) is 0 Å². The molecule has 86 valence electrons. The van der Waals surface area contributed by atoms with Crippen molar-refractivity contribution in [1.29, 1.82) is 0 Å². The molecule has 1 nitrogen and oxygen atoms in total. The average Bonchev–Trinajstić information content (AvgIpc) is 2.25. The fraction of sp³-hybridized carbons (Fsp3) is 0.250. The molecule has 0 heterocycles. The number of hydrogen-bond acceptors (Lipinski definition) is 1. The molecule has 4 heteroatoms. The van der Waals surface area contributed by atoms with Crippen LogP contribution >= 0.6 is 8.58 Å². The number of ketones is 1. The highest BCUT2D eigenvalue weighted by Crippen LogP contribution is 2.18. The third-order valence-electron chi connectivity index (χ3n) is 2.18. The first-order chi connectivity index (χ1) is 7.60. The molecule has 0 spiro atoms. The van der Waals surface area contributed by atoms with Gasteiger partial charge in [-0.1, -0.05) is 6.08 Å². The van der Waals surface area contributed by atoms with Crippen LogP contribution in [0.3, 0.4) is 0 Å². The lowest BCUT2D eigenvalue weighted by molar-refractivity contribution is 0.103. The van der Waals surface area contributed by atoms with Gasteiger partial charge in [-0.05, 0) is 37.5 Å². The molecule has 0 N–H and O–H groups in total. The molecule has 16 heavy (non-hydrogen) atoms. The molecular weight excluding hydrogens is 229 g/mol. The third-order valence-corrected chi connectivity index (χ3v) is 2.92. The summed E-state index contributed by atoms with van der Waals surface area (Å²) >= 11 is 0. The van der Waals surface area contributed by atoms with E-state index in [0.29, 0.717) is 20.3 Å². The van der Waals surface area contributed by atoms with E-state index in [4.69, 9.17) is 0 Å². The molecule has 0 fully saturated rings. The first-order valence-corrected chi connectivity index (χ1v) is 6.60. The van der Waals surface area contributed by atoms with Crippen LogP contribution < -0.4 is 0 Å². The molecule has 0 amide bonds. The lowest BCUT2D eigenvalue weighted by Crippen LogP contribution is -2.07. The van der Waals surface area contributed by atoms with Crippen molar-refractivity contribution < 1.29 is 13.6 Å². The van der Waals surface area contributed by atoms with E-state index in [1.54, 1.807) is 13.0 Å². The molecule has 0 aromatic heterocycles. The molecule has 1 atom stereocenters. The van der Waals surface area contributed by atoms with Gasteiger partial charge >= 0.3 is 0 Å². The molecule has 0 aliphatic rings. The summed E-state index contributed by atoms with van der Waals surface area (Å²) in [6.45, 7) is 3.71. The van der Waals surface area contributed by atoms with Crippen LogP contribution in [0.1, 0.15) is 17.3 Å². The number of allylic oxidation sites excluding steroid dienone is 2. The molecule has 0 saturated carbocycles. The van der Waals surface area contributed by atoms with E-state index in [9.17, 15) is 13.6 Å². The summed E-state index contributed by atoms with van der Waals surface area (Å²) in [4.78, 5) is 11.9. The second-order valence-corrected chi connectivity index (χ2v) is 4.36. The fourth-order valence-corrected chi connectivity index (χ4v) is 2.10. The smallest absolute Gasteiger partial charge is 0.191 e. The summed E-state index contributed by atoms with van der Waals surface area (Å²) < 4.78 is 26.0. The quantitative estimate of drug-likeness (QED) is 0.449. The Balaban J connectivity index is 3.04. The van der Waals surface area contributed by atoms with E-state index in [1.807, 2.05) is 6.66 Å². The predicted molar refractivity (Wildman–Crippen MR) is 63.6 cm³/mol. The van der Waals surface area contributed by atoms with Crippen LogP contribution in [0.25, 0.3) is 0 Å². The van der Waals surface area contributed by atoms with Crippen LogP contribution in [0.5, 0.6) is 0 Å². The van der Waals surface area contributed by atoms with Gasteiger partial charge in [0.25, 0.3) is 0 Å². The summed E-state index contributed by atoms with van der Waals surface area (Å²) in [6, 6.07) is 3.02. The maximum absolute atomic E-state index is 13.4. The molecule has 1 unspecified atom stereocenters. The number of rotatable bonds is 4. The highest BCUT2D eigenvalue weighted by molar-refractivity contribution is 7.37. The fourth-order valence-electron chi connectivity index (χ4n) is 1.35. The SMILES string of the molecule is C/C=C(\CPC)C(=O)c1ccc(F)cc1F. The van der Waals surface area contributed by atoms with Crippen LogP contribution in [0.15, 0.2) is 29.8 Å². The van der Waals surface area contributed by atoms with Crippen LogP contribution in [-0.2, 0) is 0 Å². The van der Waals surface area contributed by atoms with Crippen molar-refractivity contribution in [3.8, 4) is 0 Å². The number of carbonyl (C=O) groups is 1. The molecule has 1 aromatic carbocycles. The van der Waals surface area contributed by atoms with Crippen molar-refractivity contribution in [2.45, 2.75) is 6.92 Å². The number of halogens is 2. The average molecular weight is 242 g/mol. The molecule has 1 aromatic rings. The summed E-state index contributed by atoms with van der Waals surface area (Å²) in [6.07, 6.45) is 2.31. The van der Waals surface area contributed by atoms with Gasteiger partial charge in [-0.25, -0.2) is 8.78 Å². The van der Waals surface area contributed by atoms with Crippen LogP contribution in [0.4, 0.5) is 8.78 Å². The van der Waals surface area contributed by atoms with Crippen molar-refractivity contribution in [2.24, 2.45) is 0 Å². The van der Waals surface area contributed by atoms with Crippen molar-refractivity contribution in [1.82, 2.24) is 0 Å². The number of hydrogen-bond donors (Lipinski definition) is 0. The van der Waals surface area contributed by atoms with Gasteiger partial charge in [0.15, 0.2) is 5.78 Å². The van der Waals surface area contributed by atoms with Gasteiger partial charge in [0.2, 0.25) is 0 Å². The normalized spacial score (nSPS) is 12.4. The predicted octanol–water partition coefficient (Wildman–Crippen LogP) is 3.40. The maximum Gasteiger partial charge on any atom is 0.191 e. The Hall–Kier alpha value is -1.08. The van der Waals surface area contributed by atoms with E-state index in [1.165, 1.54) is 6.07 Å². The van der Waals surface area contributed by atoms with Gasteiger partial charge in [-0.2, -0.15) is 0 Å². The number of carbonyl (C=O) groups excluding carboxylic acids is 1.